The average molecular weight is 621 g/mol. The molecule has 192 valence electrons. The fourth-order valence-electron chi connectivity index (χ4n) is 5.07. The van der Waals surface area contributed by atoms with Gasteiger partial charge in [0.05, 0.1) is 41.1 Å². The molecule has 0 amide bonds. The van der Waals surface area contributed by atoms with Gasteiger partial charge in [0.1, 0.15) is 5.52 Å². The van der Waals surface area contributed by atoms with Gasteiger partial charge in [-0.2, -0.15) is 0 Å². The summed E-state index contributed by atoms with van der Waals surface area (Å²) in [6.07, 6.45) is 0. The summed E-state index contributed by atoms with van der Waals surface area (Å²) in [5.41, 5.74) is 2.18. The van der Waals surface area contributed by atoms with E-state index in [0.29, 0.717) is 45.7 Å². The zero-order valence-electron chi connectivity index (χ0n) is 21.5. The van der Waals surface area contributed by atoms with Gasteiger partial charge in [-0.3, -0.25) is 0 Å². The number of aromatic nitrogens is 1. The number of nitrogens with zero attached hydrogens (tertiary/aromatic N) is 1. The molecule has 0 atom stereocenters. The molecule has 0 aliphatic carbocycles. The number of rotatable bonds is 6. The van der Waals surface area contributed by atoms with Crippen LogP contribution in [0.1, 0.15) is 0 Å². The number of ether oxygens (including phenoxy) is 5. The number of halogens is 1. The Morgan fingerprint density at radius 1 is 0.605 bits per heavy atom. The predicted molar refractivity (Wildman–Crippen MR) is 157 cm³/mol. The topological polar surface area (TPSA) is 72.2 Å². The lowest BCUT2D eigenvalue weighted by molar-refractivity contribution is 0.355. The molecular formula is C30H24INO6. The fraction of sp³-hybridized carbons (Fsp3) is 0.167. The number of hydrogen-bond donors (Lipinski definition) is 0. The van der Waals surface area contributed by atoms with Crippen molar-refractivity contribution in [3.8, 4) is 40.2 Å². The quantitative estimate of drug-likeness (QED) is 0.140. The van der Waals surface area contributed by atoms with Crippen LogP contribution in [0, 0.1) is 3.57 Å². The Kier molecular flexibility index (Phi) is 6.06. The smallest absolute Gasteiger partial charge is 0.228 e. The summed E-state index contributed by atoms with van der Waals surface area (Å²) in [5.74, 6) is 3.61. The molecule has 0 N–H and O–H groups in total. The van der Waals surface area contributed by atoms with E-state index >= 15 is 0 Å². The van der Waals surface area contributed by atoms with Gasteiger partial charge in [0, 0.05) is 8.96 Å². The largest absolute Gasteiger partial charge is 0.493 e. The SMILES string of the molecule is COc1cc2c3cc(OC)c(OC)cc3c3c(cc(OC)c4oc(-c5ccccc5I)nc43)c2cc1OC. The van der Waals surface area contributed by atoms with Gasteiger partial charge < -0.3 is 28.1 Å². The zero-order valence-corrected chi connectivity index (χ0v) is 23.6. The van der Waals surface area contributed by atoms with Crippen LogP contribution >= 0.6 is 22.6 Å². The van der Waals surface area contributed by atoms with E-state index in [2.05, 4.69) is 22.6 Å². The van der Waals surface area contributed by atoms with E-state index in [0.717, 1.165) is 41.5 Å². The van der Waals surface area contributed by atoms with Crippen LogP contribution in [-0.2, 0) is 0 Å². The highest BCUT2D eigenvalue weighted by molar-refractivity contribution is 14.1. The first-order valence-corrected chi connectivity index (χ1v) is 12.9. The molecule has 6 rings (SSSR count). The molecule has 1 aromatic heterocycles. The Morgan fingerprint density at radius 3 is 1.55 bits per heavy atom. The van der Waals surface area contributed by atoms with E-state index in [1.165, 1.54) is 0 Å². The molecule has 0 spiro atoms. The Balaban J connectivity index is 1.87. The minimum absolute atomic E-state index is 0.525. The highest BCUT2D eigenvalue weighted by Crippen LogP contribution is 2.48. The predicted octanol–water partition coefficient (Wildman–Crippen LogP) is 7.60. The molecule has 5 aromatic carbocycles. The first-order valence-electron chi connectivity index (χ1n) is 11.8. The van der Waals surface area contributed by atoms with Crippen LogP contribution < -0.4 is 23.7 Å². The zero-order chi connectivity index (χ0) is 26.6. The fourth-order valence-corrected chi connectivity index (χ4v) is 5.69. The van der Waals surface area contributed by atoms with Gasteiger partial charge in [0.15, 0.2) is 34.3 Å². The summed E-state index contributed by atoms with van der Waals surface area (Å²) in [5, 5.41) is 5.67. The van der Waals surface area contributed by atoms with E-state index in [1.807, 2.05) is 54.6 Å². The molecular weight excluding hydrogens is 597 g/mol. The van der Waals surface area contributed by atoms with Gasteiger partial charge in [0.25, 0.3) is 0 Å². The summed E-state index contributed by atoms with van der Waals surface area (Å²) in [6, 6.07) is 17.9. The number of fused-ring (bicyclic) bond motifs is 8. The van der Waals surface area contributed by atoms with Gasteiger partial charge >= 0.3 is 0 Å². The molecule has 6 aromatic rings. The molecule has 0 bridgehead atoms. The summed E-state index contributed by atoms with van der Waals surface area (Å²) < 4.78 is 35.9. The third-order valence-electron chi connectivity index (χ3n) is 6.85. The minimum atomic E-state index is 0.525. The number of benzene rings is 5. The molecule has 0 saturated carbocycles. The third kappa shape index (κ3) is 3.58. The molecule has 38 heavy (non-hydrogen) atoms. The highest BCUT2D eigenvalue weighted by atomic mass is 127. The van der Waals surface area contributed by atoms with Gasteiger partial charge in [-0.15, -0.1) is 0 Å². The monoisotopic (exact) mass is 621 g/mol. The maximum atomic E-state index is 6.37. The second-order valence-corrected chi connectivity index (χ2v) is 9.85. The van der Waals surface area contributed by atoms with Crippen molar-refractivity contribution < 1.29 is 28.1 Å². The second-order valence-electron chi connectivity index (χ2n) is 8.68. The maximum Gasteiger partial charge on any atom is 0.228 e. The number of oxazole rings is 1. The Bertz CT molecular complexity index is 1840. The third-order valence-corrected chi connectivity index (χ3v) is 7.79. The first kappa shape index (κ1) is 24.4. The van der Waals surface area contributed by atoms with Crippen LogP contribution in [-0.4, -0.2) is 40.5 Å². The van der Waals surface area contributed by atoms with Crippen molar-refractivity contribution in [3.05, 3.63) is 58.2 Å². The number of hydrogen-bond acceptors (Lipinski definition) is 7. The van der Waals surface area contributed by atoms with Crippen molar-refractivity contribution in [1.29, 1.82) is 0 Å². The van der Waals surface area contributed by atoms with Crippen molar-refractivity contribution in [2.75, 3.05) is 35.5 Å². The van der Waals surface area contributed by atoms with Crippen molar-refractivity contribution in [2.24, 2.45) is 0 Å². The first-order chi connectivity index (χ1) is 18.5. The lowest BCUT2D eigenvalue weighted by Gasteiger charge is -2.17. The summed E-state index contributed by atoms with van der Waals surface area (Å²) in [6.45, 7) is 0. The van der Waals surface area contributed by atoms with Crippen molar-refractivity contribution in [1.82, 2.24) is 4.98 Å². The second kappa shape index (κ2) is 9.43. The summed E-state index contributed by atoms with van der Waals surface area (Å²) in [4.78, 5) is 5.03. The molecule has 1 heterocycles. The number of methoxy groups -OCH3 is 5. The van der Waals surface area contributed by atoms with Gasteiger partial charge in [-0.05, 0) is 92.0 Å². The van der Waals surface area contributed by atoms with Crippen LogP contribution in [0.2, 0.25) is 0 Å². The minimum Gasteiger partial charge on any atom is -0.493 e. The standard InChI is InChI=1S/C30H24INO6/c1-33-22-10-16-17-11-24(35-3)25(36-4)13-19(17)27-20(18(16)12-23(22)34-2)14-26(37-5)29-28(27)32-30(38-29)15-8-6-7-9-21(15)31/h6-14H,1-5H3. The summed E-state index contributed by atoms with van der Waals surface area (Å²) >= 11 is 2.29. The lowest BCUT2D eigenvalue weighted by Crippen LogP contribution is -1.95. The van der Waals surface area contributed by atoms with Crippen LogP contribution in [0.25, 0.3) is 54.9 Å². The van der Waals surface area contributed by atoms with Crippen molar-refractivity contribution >= 4 is 66.0 Å². The Hall–Kier alpha value is -3.92. The van der Waals surface area contributed by atoms with E-state index in [-0.39, 0.29) is 0 Å². The van der Waals surface area contributed by atoms with Crippen molar-refractivity contribution in [2.45, 2.75) is 0 Å². The normalized spacial score (nSPS) is 11.4. The highest BCUT2D eigenvalue weighted by Gasteiger charge is 2.23. The summed E-state index contributed by atoms with van der Waals surface area (Å²) in [7, 11) is 8.15. The van der Waals surface area contributed by atoms with Crippen molar-refractivity contribution in [3.63, 3.8) is 0 Å². The van der Waals surface area contributed by atoms with Gasteiger partial charge in [0.2, 0.25) is 5.89 Å². The molecule has 7 nitrogen and oxygen atoms in total. The maximum absolute atomic E-state index is 6.37. The Morgan fingerprint density at radius 2 is 1.05 bits per heavy atom. The van der Waals surface area contributed by atoms with E-state index in [4.69, 9.17) is 33.1 Å². The van der Waals surface area contributed by atoms with Gasteiger partial charge in [-0.1, -0.05) is 12.1 Å². The lowest BCUT2D eigenvalue weighted by atomic mass is 9.92. The molecule has 0 unspecified atom stereocenters. The Labute approximate surface area is 232 Å². The molecule has 0 fully saturated rings. The van der Waals surface area contributed by atoms with E-state index in [1.54, 1.807) is 35.5 Å². The van der Waals surface area contributed by atoms with Gasteiger partial charge in [-0.25, -0.2) is 4.98 Å². The molecule has 0 radical (unpaired) electrons. The average Bonchev–Trinajstić information content (AvgIpc) is 3.40. The molecule has 0 aliphatic heterocycles. The van der Waals surface area contributed by atoms with Crippen LogP contribution in [0.4, 0.5) is 0 Å². The van der Waals surface area contributed by atoms with Crippen LogP contribution in [0.15, 0.2) is 59.0 Å². The van der Waals surface area contributed by atoms with E-state index < -0.39 is 0 Å². The molecule has 0 aliphatic rings. The molecule has 8 heteroatoms. The van der Waals surface area contributed by atoms with E-state index in [9.17, 15) is 0 Å². The molecule has 0 saturated heterocycles. The van der Waals surface area contributed by atoms with Crippen LogP contribution in [0.5, 0.6) is 28.7 Å². The van der Waals surface area contributed by atoms with Crippen LogP contribution in [0.3, 0.4) is 0 Å².